The monoisotopic (exact) mass is 433 g/mol. The van der Waals surface area contributed by atoms with Gasteiger partial charge in [-0.15, -0.1) is 0 Å². The van der Waals surface area contributed by atoms with Gasteiger partial charge in [0.2, 0.25) is 0 Å². The smallest absolute Gasteiger partial charge is 0.143 e. The standard InChI is InChI=1S/C20H23N3O2.C6H5F/c1-13-11-23(12-21-13)18-8-7-15(10-19(18)24-3)9-16-5-4-6-17-14(2)25-22-20(16)17;7-6-4-2-1-3-5-6/h7-12,14,17H,4-6H2,1-3H3;1-5H/b16-9+;/t14?,17-;/m1./s1. The van der Waals surface area contributed by atoms with E-state index < -0.39 is 0 Å². The fraction of sp³-hybridized carbons (Fsp3) is 0.308. The van der Waals surface area contributed by atoms with Crippen LogP contribution in [-0.4, -0.2) is 28.5 Å². The Morgan fingerprint density at radius 2 is 2.00 bits per heavy atom. The van der Waals surface area contributed by atoms with Gasteiger partial charge in [0.05, 0.1) is 30.5 Å². The highest BCUT2D eigenvalue weighted by Gasteiger charge is 2.35. The topological polar surface area (TPSA) is 48.6 Å². The number of rotatable bonds is 3. The number of methoxy groups -OCH3 is 1. The zero-order valence-electron chi connectivity index (χ0n) is 18.7. The number of hydrogen-bond acceptors (Lipinski definition) is 4. The van der Waals surface area contributed by atoms with Crippen molar-refractivity contribution in [2.45, 2.75) is 39.2 Å². The van der Waals surface area contributed by atoms with Crippen LogP contribution < -0.4 is 4.74 Å². The van der Waals surface area contributed by atoms with Crippen molar-refractivity contribution >= 4 is 11.8 Å². The number of imidazole rings is 1. The minimum absolute atomic E-state index is 0.178. The first kappa shape index (κ1) is 21.8. The molecule has 166 valence electrons. The third-order valence-corrected chi connectivity index (χ3v) is 5.79. The summed E-state index contributed by atoms with van der Waals surface area (Å²) in [7, 11) is 1.70. The van der Waals surface area contributed by atoms with Gasteiger partial charge < -0.3 is 14.1 Å². The van der Waals surface area contributed by atoms with Crippen molar-refractivity contribution in [1.29, 1.82) is 0 Å². The molecule has 2 aliphatic rings. The van der Waals surface area contributed by atoms with Gasteiger partial charge in [-0.3, -0.25) is 0 Å². The summed E-state index contributed by atoms with van der Waals surface area (Å²) < 4.78 is 19.5. The molecule has 2 aromatic carbocycles. The second-order valence-corrected chi connectivity index (χ2v) is 8.10. The Morgan fingerprint density at radius 3 is 2.66 bits per heavy atom. The average Bonchev–Trinajstić information content (AvgIpc) is 3.41. The predicted molar refractivity (Wildman–Crippen MR) is 125 cm³/mol. The van der Waals surface area contributed by atoms with Crippen molar-refractivity contribution in [2.75, 3.05) is 7.11 Å². The van der Waals surface area contributed by atoms with Crippen molar-refractivity contribution in [3.8, 4) is 11.4 Å². The third-order valence-electron chi connectivity index (χ3n) is 5.79. The lowest BCUT2D eigenvalue weighted by atomic mass is 9.80. The fourth-order valence-electron chi connectivity index (χ4n) is 4.12. The van der Waals surface area contributed by atoms with Crippen molar-refractivity contribution in [3.63, 3.8) is 0 Å². The quantitative estimate of drug-likeness (QED) is 0.511. The largest absolute Gasteiger partial charge is 0.495 e. The summed E-state index contributed by atoms with van der Waals surface area (Å²) in [6, 6.07) is 14.2. The summed E-state index contributed by atoms with van der Waals surface area (Å²) in [6.45, 7) is 4.09. The van der Waals surface area contributed by atoms with Crippen LogP contribution in [0.5, 0.6) is 5.75 Å². The van der Waals surface area contributed by atoms with E-state index in [0.717, 1.165) is 34.8 Å². The van der Waals surface area contributed by atoms with E-state index in [9.17, 15) is 4.39 Å². The highest BCUT2D eigenvalue weighted by atomic mass is 19.1. The molecule has 6 heteroatoms. The molecular formula is C26H28FN3O2. The molecule has 32 heavy (non-hydrogen) atoms. The Bertz CT molecular complexity index is 1120. The van der Waals surface area contributed by atoms with Gasteiger partial charge in [0.1, 0.15) is 17.7 Å². The molecule has 1 unspecified atom stereocenters. The number of oxime groups is 1. The van der Waals surface area contributed by atoms with Gasteiger partial charge in [0.15, 0.2) is 0 Å². The molecule has 3 aromatic rings. The Balaban J connectivity index is 0.000000300. The van der Waals surface area contributed by atoms with Crippen LogP contribution in [0.1, 0.15) is 37.4 Å². The molecule has 5 rings (SSSR count). The molecule has 1 aromatic heterocycles. The molecule has 1 aliphatic carbocycles. The molecule has 0 bridgehead atoms. The fourth-order valence-corrected chi connectivity index (χ4v) is 4.12. The van der Waals surface area contributed by atoms with Crippen LogP contribution in [0, 0.1) is 18.7 Å². The number of aryl methyl sites for hydroxylation is 1. The zero-order chi connectivity index (χ0) is 22.5. The Hall–Kier alpha value is -3.41. The maximum atomic E-state index is 11.9. The highest BCUT2D eigenvalue weighted by molar-refractivity contribution is 6.06. The van der Waals surface area contributed by atoms with E-state index in [1.165, 1.54) is 30.5 Å². The molecular weight excluding hydrogens is 405 g/mol. The Labute approximate surface area is 188 Å². The van der Waals surface area contributed by atoms with Gasteiger partial charge in [-0.05, 0) is 74.6 Å². The molecule has 0 spiro atoms. The van der Waals surface area contributed by atoms with Gasteiger partial charge >= 0.3 is 0 Å². The minimum atomic E-state index is -0.178. The molecule has 0 saturated heterocycles. The van der Waals surface area contributed by atoms with Crippen molar-refractivity contribution in [3.05, 3.63) is 83.7 Å². The molecule has 2 atom stereocenters. The Morgan fingerprint density at radius 1 is 1.19 bits per heavy atom. The van der Waals surface area contributed by atoms with Crippen molar-refractivity contribution in [1.82, 2.24) is 9.55 Å². The van der Waals surface area contributed by atoms with Crippen molar-refractivity contribution in [2.24, 2.45) is 11.1 Å². The van der Waals surface area contributed by atoms with E-state index in [2.05, 4.69) is 41.3 Å². The van der Waals surface area contributed by atoms with Crippen LogP contribution in [0.15, 0.2) is 71.8 Å². The first-order valence-corrected chi connectivity index (χ1v) is 10.9. The van der Waals surface area contributed by atoms with Crippen LogP contribution in [0.2, 0.25) is 0 Å². The molecule has 0 radical (unpaired) electrons. The number of nitrogens with zero attached hydrogens (tertiary/aromatic N) is 3. The van der Waals surface area contributed by atoms with Gasteiger partial charge in [-0.25, -0.2) is 9.37 Å². The number of fused-ring (bicyclic) bond motifs is 1. The number of aromatic nitrogens is 2. The normalized spacial score (nSPS) is 20.6. The summed E-state index contributed by atoms with van der Waals surface area (Å²) in [4.78, 5) is 9.80. The lowest BCUT2D eigenvalue weighted by Crippen LogP contribution is -2.25. The molecule has 2 heterocycles. The summed E-state index contributed by atoms with van der Waals surface area (Å²) >= 11 is 0. The highest BCUT2D eigenvalue weighted by Crippen LogP contribution is 2.35. The number of hydrogen-bond donors (Lipinski definition) is 0. The lowest BCUT2D eigenvalue weighted by Gasteiger charge is -2.22. The molecule has 1 fully saturated rings. The number of allylic oxidation sites excluding steroid dienone is 1. The first-order chi connectivity index (χ1) is 15.5. The minimum Gasteiger partial charge on any atom is -0.495 e. The van der Waals surface area contributed by atoms with Crippen LogP contribution in [0.25, 0.3) is 11.8 Å². The molecule has 1 aliphatic heterocycles. The Kier molecular flexibility index (Phi) is 6.69. The summed E-state index contributed by atoms with van der Waals surface area (Å²) in [5.74, 6) is 1.09. The molecule has 0 N–H and O–H groups in total. The van der Waals surface area contributed by atoms with E-state index in [0.29, 0.717) is 5.92 Å². The van der Waals surface area contributed by atoms with E-state index in [1.807, 2.05) is 24.0 Å². The van der Waals surface area contributed by atoms with Crippen LogP contribution >= 0.6 is 0 Å². The molecule has 0 amide bonds. The number of ether oxygens (including phenoxy) is 1. The second kappa shape index (κ2) is 9.81. The number of halogens is 1. The van der Waals surface area contributed by atoms with E-state index in [1.54, 1.807) is 25.3 Å². The van der Waals surface area contributed by atoms with E-state index >= 15 is 0 Å². The molecule has 1 saturated carbocycles. The molecule has 5 nitrogen and oxygen atoms in total. The lowest BCUT2D eigenvalue weighted by molar-refractivity contribution is 0.0736. The van der Waals surface area contributed by atoms with E-state index in [-0.39, 0.29) is 11.9 Å². The van der Waals surface area contributed by atoms with Crippen LogP contribution in [0.4, 0.5) is 4.39 Å². The predicted octanol–water partition coefficient (Wildman–Crippen LogP) is 5.97. The summed E-state index contributed by atoms with van der Waals surface area (Å²) in [5, 5.41) is 4.33. The SMILES string of the molecule is COc1cc(/C=C2\CCC[C@H]3C2=NOC3C)ccc1-n1cnc(C)c1.Fc1ccccc1. The van der Waals surface area contributed by atoms with Gasteiger partial charge in [-0.2, -0.15) is 0 Å². The van der Waals surface area contributed by atoms with Crippen LogP contribution in [-0.2, 0) is 4.84 Å². The zero-order valence-corrected chi connectivity index (χ0v) is 18.7. The second-order valence-electron chi connectivity index (χ2n) is 8.10. The first-order valence-electron chi connectivity index (χ1n) is 10.9. The van der Waals surface area contributed by atoms with Gasteiger partial charge in [0, 0.05) is 12.1 Å². The summed E-state index contributed by atoms with van der Waals surface area (Å²) in [5.41, 5.74) is 5.51. The third kappa shape index (κ3) is 4.90. The average molecular weight is 434 g/mol. The van der Waals surface area contributed by atoms with E-state index in [4.69, 9.17) is 9.57 Å². The van der Waals surface area contributed by atoms with Crippen molar-refractivity contribution < 1.29 is 14.0 Å². The summed E-state index contributed by atoms with van der Waals surface area (Å²) in [6.07, 6.45) is 9.62. The van der Waals surface area contributed by atoms with Crippen LogP contribution in [0.3, 0.4) is 0 Å². The van der Waals surface area contributed by atoms with Gasteiger partial charge in [0.25, 0.3) is 0 Å². The maximum Gasteiger partial charge on any atom is 0.143 e. The maximum absolute atomic E-state index is 11.9. The van der Waals surface area contributed by atoms with Gasteiger partial charge in [-0.1, -0.05) is 29.4 Å². The number of benzene rings is 2.